The molecule has 0 spiro atoms. The van der Waals surface area contributed by atoms with Gasteiger partial charge in [-0.1, -0.05) is 0 Å². The van der Waals surface area contributed by atoms with Crippen LogP contribution < -0.4 is 4.72 Å². The van der Waals surface area contributed by atoms with Gasteiger partial charge in [0.1, 0.15) is 15.7 Å². The van der Waals surface area contributed by atoms with Crippen LogP contribution in [0.4, 0.5) is 5.95 Å². The third-order valence-corrected chi connectivity index (χ3v) is 6.30. The van der Waals surface area contributed by atoms with Crippen molar-refractivity contribution in [3.8, 4) is 0 Å². The average Bonchev–Trinajstić information content (AvgIpc) is 2.62. The molecule has 2 heterocycles. The summed E-state index contributed by atoms with van der Waals surface area (Å²) in [5, 5.41) is 5.49. The first kappa shape index (κ1) is 13.3. The van der Waals surface area contributed by atoms with Crippen molar-refractivity contribution in [1.29, 1.82) is 0 Å². The zero-order valence-corrected chi connectivity index (χ0v) is 11.4. The van der Waals surface area contributed by atoms with Crippen LogP contribution in [0.5, 0.6) is 0 Å². The van der Waals surface area contributed by atoms with E-state index in [1.165, 1.54) is 0 Å². The maximum Gasteiger partial charge on any atom is 0.255 e. The number of hydrogen-bond donors (Lipinski definition) is 2. The summed E-state index contributed by atoms with van der Waals surface area (Å²) in [6.45, 7) is 1.65. The number of sulfone groups is 1. The first-order valence-corrected chi connectivity index (χ1v) is 8.76. The molecule has 18 heavy (non-hydrogen) atoms. The van der Waals surface area contributed by atoms with Crippen LogP contribution in [-0.2, 0) is 19.9 Å². The van der Waals surface area contributed by atoms with Gasteiger partial charge in [0.05, 0.1) is 16.8 Å². The Labute approximate surface area is 105 Å². The molecule has 10 heteroatoms. The maximum atomic E-state index is 12.0. The van der Waals surface area contributed by atoms with E-state index in [-0.39, 0.29) is 30.3 Å². The van der Waals surface area contributed by atoms with Gasteiger partial charge in [0.2, 0.25) is 10.0 Å². The van der Waals surface area contributed by atoms with Crippen molar-refractivity contribution in [2.24, 2.45) is 0 Å². The fourth-order valence-corrected chi connectivity index (χ4v) is 4.94. The number of aromatic amines is 1. The van der Waals surface area contributed by atoms with Gasteiger partial charge in [0, 0.05) is 0 Å². The molecule has 102 valence electrons. The van der Waals surface area contributed by atoms with E-state index in [9.17, 15) is 16.8 Å². The quantitative estimate of drug-likeness (QED) is 0.770. The molecular weight excluding hydrogens is 280 g/mol. The number of H-pyrrole nitrogens is 1. The molecule has 1 aromatic heterocycles. The van der Waals surface area contributed by atoms with Gasteiger partial charge in [0.15, 0.2) is 0 Å². The predicted molar refractivity (Wildman–Crippen MR) is 65.3 cm³/mol. The van der Waals surface area contributed by atoms with Gasteiger partial charge in [0.25, 0.3) is 5.95 Å². The highest BCUT2D eigenvalue weighted by atomic mass is 32.2. The fourth-order valence-electron chi connectivity index (χ4n) is 1.78. The third kappa shape index (κ3) is 2.99. The molecule has 8 nitrogen and oxygen atoms in total. The Morgan fingerprint density at radius 2 is 1.94 bits per heavy atom. The molecular formula is C8H14N4O4S2. The van der Waals surface area contributed by atoms with Crippen molar-refractivity contribution in [1.82, 2.24) is 15.2 Å². The first-order valence-electron chi connectivity index (χ1n) is 5.39. The van der Waals surface area contributed by atoms with Crippen molar-refractivity contribution >= 4 is 25.8 Å². The van der Waals surface area contributed by atoms with E-state index in [0.717, 1.165) is 0 Å². The second-order valence-electron chi connectivity index (χ2n) is 4.24. The molecule has 1 fully saturated rings. The summed E-state index contributed by atoms with van der Waals surface area (Å²) in [6.07, 6.45) is 0.224. The number of rotatable bonds is 3. The van der Waals surface area contributed by atoms with Crippen LogP contribution in [0.3, 0.4) is 0 Å². The number of nitrogens with one attached hydrogen (secondary N) is 2. The lowest BCUT2D eigenvalue weighted by atomic mass is 10.2. The Hall–Kier alpha value is -1.16. The lowest BCUT2D eigenvalue weighted by Crippen LogP contribution is -2.36. The van der Waals surface area contributed by atoms with Crippen LogP contribution in [0.1, 0.15) is 18.7 Å². The molecule has 0 aliphatic carbocycles. The number of sulfonamides is 1. The van der Waals surface area contributed by atoms with E-state index in [1.807, 2.05) is 0 Å². The largest absolute Gasteiger partial charge is 0.261 e. The van der Waals surface area contributed by atoms with Gasteiger partial charge >= 0.3 is 0 Å². The van der Waals surface area contributed by atoms with Crippen molar-refractivity contribution in [3.05, 3.63) is 5.82 Å². The molecule has 1 aliphatic heterocycles. The molecule has 1 aromatic rings. The normalized spacial score (nSPS) is 20.7. The summed E-state index contributed by atoms with van der Waals surface area (Å²) in [5.74, 6) is 0.303. The molecule has 0 unspecified atom stereocenters. The SMILES string of the molecule is Cc1nc(NS(=O)(=O)C2CCS(=O)(=O)CC2)n[nH]1. The molecule has 0 radical (unpaired) electrons. The molecule has 2 N–H and O–H groups in total. The number of nitrogens with zero attached hydrogens (tertiary/aromatic N) is 2. The monoisotopic (exact) mass is 294 g/mol. The molecule has 0 atom stereocenters. The van der Waals surface area contributed by atoms with Gasteiger partial charge in [-0.25, -0.2) is 21.6 Å². The Balaban J connectivity index is 2.08. The average molecular weight is 294 g/mol. The van der Waals surface area contributed by atoms with E-state index in [1.54, 1.807) is 6.92 Å². The van der Waals surface area contributed by atoms with Crippen molar-refractivity contribution < 1.29 is 16.8 Å². The van der Waals surface area contributed by atoms with Crippen LogP contribution in [0.2, 0.25) is 0 Å². The highest BCUT2D eigenvalue weighted by molar-refractivity contribution is 7.94. The summed E-state index contributed by atoms with van der Waals surface area (Å²) < 4.78 is 48.7. The zero-order valence-electron chi connectivity index (χ0n) is 9.75. The number of hydrogen-bond acceptors (Lipinski definition) is 6. The number of aryl methyl sites for hydroxylation is 1. The maximum absolute atomic E-state index is 12.0. The van der Waals surface area contributed by atoms with Gasteiger partial charge in [-0.3, -0.25) is 5.10 Å². The molecule has 0 aromatic carbocycles. The Bertz CT molecular complexity index is 620. The predicted octanol–water partition coefficient (Wildman–Crippen LogP) is -0.568. The minimum absolute atomic E-state index is 0.0130. The highest BCUT2D eigenvalue weighted by Gasteiger charge is 2.33. The minimum Gasteiger partial charge on any atom is -0.261 e. The Morgan fingerprint density at radius 3 is 2.44 bits per heavy atom. The van der Waals surface area contributed by atoms with Gasteiger partial charge in [-0.15, -0.1) is 5.10 Å². The van der Waals surface area contributed by atoms with Gasteiger partial charge in [-0.05, 0) is 19.8 Å². The first-order chi connectivity index (χ1) is 8.28. The molecule has 0 saturated carbocycles. The number of aromatic nitrogens is 3. The van der Waals surface area contributed by atoms with Crippen LogP contribution in [0.25, 0.3) is 0 Å². The standard InChI is InChI=1S/C8H14N4O4S2/c1-6-9-8(11-10-6)12-18(15,16)7-2-4-17(13,14)5-3-7/h7H,2-5H2,1H3,(H2,9,10,11,12). The molecule has 0 amide bonds. The fraction of sp³-hybridized carbons (Fsp3) is 0.750. The summed E-state index contributed by atoms with van der Waals surface area (Å²) in [4.78, 5) is 3.84. The second-order valence-corrected chi connectivity index (χ2v) is 8.51. The topological polar surface area (TPSA) is 122 Å². The van der Waals surface area contributed by atoms with E-state index in [4.69, 9.17) is 0 Å². The van der Waals surface area contributed by atoms with Crippen LogP contribution in [-0.4, -0.2) is 48.8 Å². The lowest BCUT2D eigenvalue weighted by Gasteiger charge is -2.21. The summed E-state index contributed by atoms with van der Waals surface area (Å²) in [6, 6.07) is 0. The van der Waals surface area contributed by atoms with E-state index < -0.39 is 25.1 Å². The Morgan fingerprint density at radius 1 is 1.33 bits per heavy atom. The smallest absolute Gasteiger partial charge is 0.255 e. The van der Waals surface area contributed by atoms with E-state index >= 15 is 0 Å². The summed E-state index contributed by atoms with van der Waals surface area (Å²) in [5.41, 5.74) is 0. The molecule has 1 aliphatic rings. The molecule has 0 bridgehead atoms. The van der Waals surface area contributed by atoms with Crippen LogP contribution in [0, 0.1) is 6.92 Å². The molecule has 2 rings (SSSR count). The van der Waals surface area contributed by atoms with E-state index in [0.29, 0.717) is 5.82 Å². The van der Waals surface area contributed by atoms with Crippen molar-refractivity contribution in [3.63, 3.8) is 0 Å². The van der Waals surface area contributed by atoms with Crippen molar-refractivity contribution in [2.45, 2.75) is 25.0 Å². The second kappa shape index (κ2) is 4.50. The van der Waals surface area contributed by atoms with Gasteiger partial charge < -0.3 is 0 Å². The molecule has 1 saturated heterocycles. The summed E-state index contributed by atoms with van der Waals surface area (Å²) in [7, 11) is -6.71. The zero-order chi connectivity index (χ0) is 13.4. The van der Waals surface area contributed by atoms with Gasteiger partial charge in [-0.2, -0.15) is 4.98 Å². The highest BCUT2D eigenvalue weighted by Crippen LogP contribution is 2.20. The third-order valence-electron chi connectivity index (χ3n) is 2.77. The van der Waals surface area contributed by atoms with E-state index in [2.05, 4.69) is 19.9 Å². The van der Waals surface area contributed by atoms with Crippen LogP contribution >= 0.6 is 0 Å². The minimum atomic E-state index is -3.63. The van der Waals surface area contributed by atoms with Crippen molar-refractivity contribution in [2.75, 3.05) is 16.2 Å². The Kier molecular flexibility index (Phi) is 3.32. The van der Waals surface area contributed by atoms with Crippen LogP contribution in [0.15, 0.2) is 0 Å². The summed E-state index contributed by atoms with van der Waals surface area (Å²) >= 11 is 0. The lowest BCUT2D eigenvalue weighted by molar-refractivity contribution is 0.555. The number of anilines is 1.